The number of aromatic nitrogens is 2. The van der Waals surface area contributed by atoms with Crippen molar-refractivity contribution in [3.05, 3.63) is 72.3 Å². The molecule has 1 amide bonds. The normalized spacial score (nSPS) is 11.4. The van der Waals surface area contributed by atoms with E-state index in [9.17, 15) is 4.79 Å². The van der Waals surface area contributed by atoms with Crippen molar-refractivity contribution in [2.24, 2.45) is 0 Å². The quantitative estimate of drug-likeness (QED) is 0.568. The van der Waals surface area contributed by atoms with Crippen LogP contribution in [0.1, 0.15) is 11.5 Å². The molecule has 4 rings (SSSR count). The summed E-state index contributed by atoms with van der Waals surface area (Å²) in [6.45, 7) is 1.79. The van der Waals surface area contributed by atoms with Crippen LogP contribution in [0.2, 0.25) is 0 Å². The van der Waals surface area contributed by atoms with Gasteiger partial charge in [-0.1, -0.05) is 24.3 Å². The average molecular weight is 329 g/mol. The van der Waals surface area contributed by atoms with Crippen LogP contribution < -0.4 is 5.32 Å². The lowest BCUT2D eigenvalue weighted by molar-refractivity contribution is -0.111. The number of nitrogens with one attached hydrogen (secondary N) is 1. The molecule has 122 valence electrons. The zero-order valence-electron chi connectivity index (χ0n) is 13.6. The van der Waals surface area contributed by atoms with E-state index >= 15 is 0 Å². The molecule has 2 aromatic heterocycles. The number of amides is 1. The van der Waals surface area contributed by atoms with Crippen molar-refractivity contribution in [1.82, 2.24) is 9.97 Å². The molecule has 2 heterocycles. The number of benzene rings is 2. The highest BCUT2D eigenvalue weighted by Crippen LogP contribution is 2.20. The van der Waals surface area contributed by atoms with Gasteiger partial charge in [0.15, 0.2) is 11.5 Å². The predicted octanol–water partition coefficient (Wildman–Crippen LogP) is 4.34. The van der Waals surface area contributed by atoms with Gasteiger partial charge in [0.05, 0.1) is 5.52 Å². The summed E-state index contributed by atoms with van der Waals surface area (Å²) in [5.41, 5.74) is 3.86. The number of hydrogen-bond acceptors (Lipinski definition) is 4. The molecule has 0 unspecified atom stereocenters. The smallest absolute Gasteiger partial charge is 0.248 e. The van der Waals surface area contributed by atoms with Gasteiger partial charge in [0.25, 0.3) is 0 Å². The topological polar surface area (TPSA) is 68.0 Å². The van der Waals surface area contributed by atoms with Crippen LogP contribution in [0, 0.1) is 6.92 Å². The van der Waals surface area contributed by atoms with Gasteiger partial charge in [0.2, 0.25) is 5.91 Å². The number of nitrogens with zero attached hydrogens (tertiary/aromatic N) is 2. The third kappa shape index (κ3) is 3.12. The number of carbonyl (C=O) groups is 1. The van der Waals surface area contributed by atoms with Crippen molar-refractivity contribution in [3.63, 3.8) is 0 Å². The molecule has 25 heavy (non-hydrogen) atoms. The second-order valence-electron chi connectivity index (χ2n) is 5.66. The van der Waals surface area contributed by atoms with Crippen molar-refractivity contribution in [3.8, 4) is 0 Å². The molecule has 0 bridgehead atoms. The van der Waals surface area contributed by atoms with E-state index in [0.29, 0.717) is 17.2 Å². The SMILES string of the molecule is Cc1nc2cc(NC(=O)/C=C/c3cccc4cccnc34)ccc2o1. The second kappa shape index (κ2) is 6.20. The van der Waals surface area contributed by atoms with Gasteiger partial charge in [0, 0.05) is 35.8 Å². The third-order valence-electron chi connectivity index (χ3n) is 3.84. The Labute approximate surface area is 144 Å². The van der Waals surface area contributed by atoms with E-state index in [1.165, 1.54) is 6.08 Å². The zero-order chi connectivity index (χ0) is 17.2. The molecule has 0 aliphatic heterocycles. The molecular formula is C20H15N3O2. The Morgan fingerprint density at radius 3 is 2.96 bits per heavy atom. The van der Waals surface area contributed by atoms with E-state index in [-0.39, 0.29) is 5.91 Å². The Hall–Kier alpha value is -3.47. The summed E-state index contributed by atoms with van der Waals surface area (Å²) in [4.78, 5) is 20.8. The summed E-state index contributed by atoms with van der Waals surface area (Å²) in [6.07, 6.45) is 5.01. The summed E-state index contributed by atoms with van der Waals surface area (Å²) in [5, 5.41) is 3.87. The molecule has 0 atom stereocenters. The van der Waals surface area contributed by atoms with Gasteiger partial charge in [0.1, 0.15) is 5.52 Å². The van der Waals surface area contributed by atoms with Crippen molar-refractivity contribution in [2.75, 3.05) is 5.32 Å². The highest BCUT2D eigenvalue weighted by molar-refractivity contribution is 6.03. The standard InChI is InChI=1S/C20H15N3O2/c1-13-22-17-12-16(8-9-18(17)25-13)23-19(24)10-7-15-5-2-4-14-6-3-11-21-20(14)15/h2-12H,1H3,(H,23,24)/b10-7+. The Morgan fingerprint density at radius 1 is 1.16 bits per heavy atom. The van der Waals surface area contributed by atoms with Crippen LogP contribution in [0.3, 0.4) is 0 Å². The molecular weight excluding hydrogens is 314 g/mol. The first kappa shape index (κ1) is 15.1. The Balaban J connectivity index is 1.55. The minimum absolute atomic E-state index is 0.215. The summed E-state index contributed by atoms with van der Waals surface area (Å²) in [6, 6.07) is 15.1. The Bertz CT molecular complexity index is 1110. The largest absolute Gasteiger partial charge is 0.441 e. The summed E-state index contributed by atoms with van der Waals surface area (Å²) in [5.74, 6) is 0.384. The highest BCUT2D eigenvalue weighted by atomic mass is 16.3. The number of para-hydroxylation sites is 1. The van der Waals surface area contributed by atoms with E-state index in [1.54, 1.807) is 37.4 Å². The summed E-state index contributed by atoms with van der Waals surface area (Å²) < 4.78 is 5.43. The molecule has 0 radical (unpaired) electrons. The van der Waals surface area contributed by atoms with Crippen molar-refractivity contribution < 1.29 is 9.21 Å². The van der Waals surface area contributed by atoms with E-state index in [1.807, 2.05) is 30.3 Å². The zero-order valence-corrected chi connectivity index (χ0v) is 13.6. The van der Waals surface area contributed by atoms with Gasteiger partial charge in [-0.25, -0.2) is 4.98 Å². The maximum Gasteiger partial charge on any atom is 0.248 e. The minimum atomic E-state index is -0.215. The Kier molecular flexibility index (Phi) is 3.74. The molecule has 4 aromatic rings. The number of aryl methyl sites for hydroxylation is 1. The van der Waals surface area contributed by atoms with E-state index in [4.69, 9.17) is 4.42 Å². The monoisotopic (exact) mass is 329 g/mol. The number of hydrogen-bond donors (Lipinski definition) is 1. The molecule has 0 saturated heterocycles. The molecule has 0 aliphatic carbocycles. The first-order chi connectivity index (χ1) is 12.2. The van der Waals surface area contributed by atoms with Crippen molar-refractivity contribution in [1.29, 1.82) is 0 Å². The third-order valence-corrected chi connectivity index (χ3v) is 3.84. The maximum atomic E-state index is 12.2. The summed E-state index contributed by atoms with van der Waals surface area (Å²) >= 11 is 0. The van der Waals surface area contributed by atoms with Crippen LogP contribution in [0.5, 0.6) is 0 Å². The fourth-order valence-corrected chi connectivity index (χ4v) is 2.73. The van der Waals surface area contributed by atoms with Crippen molar-refractivity contribution in [2.45, 2.75) is 6.92 Å². The van der Waals surface area contributed by atoms with E-state index in [2.05, 4.69) is 15.3 Å². The van der Waals surface area contributed by atoms with Gasteiger partial charge in [-0.2, -0.15) is 0 Å². The molecule has 0 aliphatic rings. The summed E-state index contributed by atoms with van der Waals surface area (Å²) in [7, 11) is 0. The minimum Gasteiger partial charge on any atom is -0.441 e. The number of rotatable bonds is 3. The maximum absolute atomic E-state index is 12.2. The lowest BCUT2D eigenvalue weighted by Gasteiger charge is -2.02. The lowest BCUT2D eigenvalue weighted by Crippen LogP contribution is -2.07. The van der Waals surface area contributed by atoms with Crippen LogP contribution in [0.25, 0.3) is 28.1 Å². The van der Waals surface area contributed by atoms with Crippen LogP contribution in [-0.2, 0) is 4.79 Å². The van der Waals surface area contributed by atoms with Gasteiger partial charge < -0.3 is 9.73 Å². The van der Waals surface area contributed by atoms with Crippen LogP contribution in [-0.4, -0.2) is 15.9 Å². The molecule has 5 heteroatoms. The number of anilines is 1. The van der Waals surface area contributed by atoms with Gasteiger partial charge in [-0.05, 0) is 30.3 Å². The number of carbonyl (C=O) groups excluding carboxylic acids is 1. The van der Waals surface area contributed by atoms with Gasteiger partial charge >= 0.3 is 0 Å². The first-order valence-electron chi connectivity index (χ1n) is 7.89. The number of oxazole rings is 1. The van der Waals surface area contributed by atoms with E-state index in [0.717, 1.165) is 22.0 Å². The average Bonchev–Trinajstić information content (AvgIpc) is 2.99. The molecule has 1 N–H and O–H groups in total. The second-order valence-corrected chi connectivity index (χ2v) is 5.66. The van der Waals surface area contributed by atoms with Crippen LogP contribution >= 0.6 is 0 Å². The fraction of sp³-hybridized carbons (Fsp3) is 0.0500. The fourth-order valence-electron chi connectivity index (χ4n) is 2.73. The predicted molar refractivity (Wildman–Crippen MR) is 98.2 cm³/mol. The highest BCUT2D eigenvalue weighted by Gasteiger charge is 2.05. The Morgan fingerprint density at radius 2 is 2.04 bits per heavy atom. The first-order valence-corrected chi connectivity index (χ1v) is 7.89. The number of fused-ring (bicyclic) bond motifs is 2. The molecule has 5 nitrogen and oxygen atoms in total. The molecule has 0 spiro atoms. The number of pyridine rings is 1. The van der Waals surface area contributed by atoms with Crippen LogP contribution in [0.15, 0.2) is 65.2 Å². The van der Waals surface area contributed by atoms with Crippen molar-refractivity contribution >= 4 is 39.7 Å². The molecule has 2 aromatic carbocycles. The molecule has 0 fully saturated rings. The molecule has 0 saturated carbocycles. The van der Waals surface area contributed by atoms with Gasteiger partial charge in [-0.15, -0.1) is 0 Å². The lowest BCUT2D eigenvalue weighted by atomic mass is 10.1. The van der Waals surface area contributed by atoms with Gasteiger partial charge in [-0.3, -0.25) is 9.78 Å². The van der Waals surface area contributed by atoms with E-state index < -0.39 is 0 Å². The van der Waals surface area contributed by atoms with Crippen LogP contribution in [0.4, 0.5) is 5.69 Å².